The Labute approximate surface area is 189 Å². The monoisotopic (exact) mass is 437 g/mol. The van der Waals surface area contributed by atoms with Crippen LogP contribution in [0.3, 0.4) is 0 Å². The van der Waals surface area contributed by atoms with Gasteiger partial charge in [0.2, 0.25) is 5.91 Å². The fourth-order valence-corrected chi connectivity index (χ4v) is 4.26. The summed E-state index contributed by atoms with van der Waals surface area (Å²) in [6.07, 6.45) is 2.51. The van der Waals surface area contributed by atoms with Crippen LogP contribution in [0.15, 0.2) is 42.5 Å². The molecular weight excluding hydrogens is 406 g/mol. The summed E-state index contributed by atoms with van der Waals surface area (Å²) in [4.78, 5) is 28.6. The van der Waals surface area contributed by atoms with E-state index in [-0.39, 0.29) is 17.9 Å². The number of benzene rings is 2. The van der Waals surface area contributed by atoms with Crippen LogP contribution in [0.25, 0.3) is 0 Å². The number of methoxy groups -OCH3 is 1. The topological polar surface area (TPSA) is 71.1 Å². The lowest BCUT2D eigenvalue weighted by Crippen LogP contribution is -2.38. The normalized spacial score (nSPS) is 18.6. The Morgan fingerprint density at radius 2 is 2.03 bits per heavy atom. The summed E-state index contributed by atoms with van der Waals surface area (Å²) in [5, 5.41) is 3.02. The van der Waals surface area contributed by atoms with Gasteiger partial charge in [-0.25, -0.2) is 0 Å². The van der Waals surface area contributed by atoms with Crippen LogP contribution < -0.4 is 19.7 Å². The van der Waals surface area contributed by atoms with Crippen LogP contribution in [0.4, 0.5) is 5.69 Å². The lowest BCUT2D eigenvalue weighted by Gasteiger charge is -2.23. The zero-order valence-corrected chi connectivity index (χ0v) is 18.8. The second-order valence-electron chi connectivity index (χ2n) is 8.31. The fraction of sp³-hybridized carbons (Fsp3) is 0.440. The van der Waals surface area contributed by atoms with Gasteiger partial charge >= 0.3 is 0 Å². The molecule has 0 aliphatic carbocycles. The van der Waals surface area contributed by atoms with Crippen LogP contribution in [-0.2, 0) is 11.3 Å². The molecule has 0 bridgehead atoms. The highest BCUT2D eigenvalue weighted by molar-refractivity contribution is 5.97. The second kappa shape index (κ2) is 10.0. The molecule has 2 amide bonds. The average molecular weight is 438 g/mol. The Balaban J connectivity index is 1.33. The van der Waals surface area contributed by atoms with Gasteiger partial charge in [-0.15, -0.1) is 0 Å². The molecule has 4 rings (SSSR count). The largest absolute Gasteiger partial charge is 0.497 e. The van der Waals surface area contributed by atoms with Crippen molar-refractivity contribution >= 4 is 17.5 Å². The highest BCUT2D eigenvalue weighted by atomic mass is 16.5. The molecule has 170 valence electrons. The molecule has 7 heteroatoms. The molecule has 2 heterocycles. The van der Waals surface area contributed by atoms with E-state index in [0.717, 1.165) is 61.8 Å². The van der Waals surface area contributed by atoms with Crippen LogP contribution >= 0.6 is 0 Å². The third-order valence-electron chi connectivity index (χ3n) is 6.10. The SMILES string of the molecule is CCC1CN(CCNC(=O)c2ccc(N3CCCC3=O)cc2)Cc2cc(OC)ccc2O1. The summed E-state index contributed by atoms with van der Waals surface area (Å²) < 4.78 is 11.5. The Kier molecular flexibility index (Phi) is 6.95. The summed E-state index contributed by atoms with van der Waals surface area (Å²) in [5.41, 5.74) is 2.55. The van der Waals surface area contributed by atoms with Crippen LogP contribution in [0, 0.1) is 0 Å². The maximum atomic E-state index is 12.6. The molecule has 1 N–H and O–H groups in total. The fourth-order valence-electron chi connectivity index (χ4n) is 4.26. The number of nitrogens with one attached hydrogen (secondary N) is 1. The van der Waals surface area contributed by atoms with Crippen molar-refractivity contribution in [1.29, 1.82) is 0 Å². The summed E-state index contributed by atoms with van der Waals surface area (Å²) in [6, 6.07) is 13.2. The van der Waals surface area contributed by atoms with Crippen molar-refractivity contribution in [2.24, 2.45) is 0 Å². The number of hydrogen-bond acceptors (Lipinski definition) is 5. The number of rotatable bonds is 7. The van der Waals surface area contributed by atoms with Gasteiger partial charge in [0.1, 0.15) is 17.6 Å². The van der Waals surface area contributed by atoms with E-state index in [1.807, 2.05) is 30.3 Å². The second-order valence-corrected chi connectivity index (χ2v) is 8.31. The van der Waals surface area contributed by atoms with Crippen molar-refractivity contribution in [3.8, 4) is 11.5 Å². The number of carbonyl (C=O) groups excluding carboxylic acids is 2. The first-order chi connectivity index (χ1) is 15.6. The number of nitrogens with zero attached hydrogens (tertiary/aromatic N) is 2. The minimum atomic E-state index is -0.107. The van der Waals surface area contributed by atoms with Crippen molar-refractivity contribution in [2.45, 2.75) is 38.8 Å². The van der Waals surface area contributed by atoms with Gasteiger partial charge in [0.15, 0.2) is 0 Å². The van der Waals surface area contributed by atoms with Crippen molar-refractivity contribution in [3.63, 3.8) is 0 Å². The summed E-state index contributed by atoms with van der Waals surface area (Å²) in [7, 11) is 1.66. The van der Waals surface area contributed by atoms with Gasteiger partial charge in [0, 0.05) is 56.0 Å². The van der Waals surface area contributed by atoms with E-state index in [2.05, 4.69) is 17.1 Å². The van der Waals surface area contributed by atoms with Crippen LogP contribution in [0.2, 0.25) is 0 Å². The number of carbonyl (C=O) groups is 2. The molecule has 0 radical (unpaired) electrons. The van der Waals surface area contributed by atoms with E-state index >= 15 is 0 Å². The first-order valence-electron chi connectivity index (χ1n) is 11.3. The van der Waals surface area contributed by atoms with E-state index in [0.29, 0.717) is 18.5 Å². The Bertz CT molecular complexity index is 960. The van der Waals surface area contributed by atoms with E-state index < -0.39 is 0 Å². The van der Waals surface area contributed by atoms with Crippen LogP contribution in [-0.4, -0.2) is 56.1 Å². The molecule has 32 heavy (non-hydrogen) atoms. The number of fused-ring (bicyclic) bond motifs is 1. The first kappa shape index (κ1) is 22.1. The number of ether oxygens (including phenoxy) is 2. The quantitative estimate of drug-likeness (QED) is 0.720. The maximum Gasteiger partial charge on any atom is 0.251 e. The summed E-state index contributed by atoms with van der Waals surface area (Å²) in [6.45, 7) is 5.69. The molecule has 2 aliphatic rings. The molecular formula is C25H31N3O4. The van der Waals surface area contributed by atoms with Gasteiger partial charge in [0.25, 0.3) is 5.91 Å². The molecule has 0 aromatic heterocycles. The van der Waals surface area contributed by atoms with Crippen molar-refractivity contribution < 1.29 is 19.1 Å². The Hall–Kier alpha value is -3.06. The molecule has 2 aliphatic heterocycles. The van der Waals surface area contributed by atoms with Crippen LogP contribution in [0.1, 0.15) is 42.1 Å². The lowest BCUT2D eigenvalue weighted by molar-refractivity contribution is -0.117. The standard InChI is InChI=1S/C25H31N3O4/c1-3-21-17-27(16-19-15-22(31-2)10-11-23(19)32-21)14-12-26-25(30)18-6-8-20(9-7-18)28-13-4-5-24(28)29/h6-11,15,21H,3-5,12-14,16-17H2,1-2H3,(H,26,30). The first-order valence-corrected chi connectivity index (χ1v) is 11.3. The molecule has 1 saturated heterocycles. The van der Waals surface area contributed by atoms with E-state index in [9.17, 15) is 9.59 Å². The van der Waals surface area contributed by atoms with E-state index in [1.54, 1.807) is 24.1 Å². The average Bonchev–Trinajstić information content (AvgIpc) is 3.16. The van der Waals surface area contributed by atoms with Gasteiger partial charge in [-0.2, -0.15) is 0 Å². The number of anilines is 1. The minimum absolute atomic E-state index is 0.107. The zero-order valence-electron chi connectivity index (χ0n) is 18.8. The van der Waals surface area contributed by atoms with E-state index in [1.165, 1.54) is 0 Å². The molecule has 0 spiro atoms. The van der Waals surface area contributed by atoms with Crippen molar-refractivity contribution in [1.82, 2.24) is 10.2 Å². The van der Waals surface area contributed by atoms with Gasteiger partial charge in [-0.05, 0) is 55.3 Å². The summed E-state index contributed by atoms with van der Waals surface area (Å²) >= 11 is 0. The molecule has 2 aromatic carbocycles. The predicted molar refractivity (Wildman–Crippen MR) is 123 cm³/mol. The molecule has 1 fully saturated rings. The minimum Gasteiger partial charge on any atom is -0.497 e. The van der Waals surface area contributed by atoms with Gasteiger partial charge < -0.3 is 19.7 Å². The highest BCUT2D eigenvalue weighted by Crippen LogP contribution is 2.29. The maximum absolute atomic E-state index is 12.6. The number of amides is 2. The predicted octanol–water partition coefficient (Wildman–Crippen LogP) is 3.23. The Morgan fingerprint density at radius 1 is 1.22 bits per heavy atom. The summed E-state index contributed by atoms with van der Waals surface area (Å²) in [5.74, 6) is 1.76. The molecule has 1 unspecified atom stereocenters. The Morgan fingerprint density at radius 3 is 2.72 bits per heavy atom. The third kappa shape index (κ3) is 5.05. The van der Waals surface area contributed by atoms with Gasteiger partial charge in [-0.1, -0.05) is 6.92 Å². The molecule has 2 aromatic rings. The van der Waals surface area contributed by atoms with E-state index in [4.69, 9.17) is 9.47 Å². The number of hydrogen-bond donors (Lipinski definition) is 1. The van der Waals surface area contributed by atoms with Gasteiger partial charge in [0.05, 0.1) is 7.11 Å². The smallest absolute Gasteiger partial charge is 0.251 e. The molecule has 1 atom stereocenters. The van der Waals surface area contributed by atoms with Crippen molar-refractivity contribution in [3.05, 3.63) is 53.6 Å². The van der Waals surface area contributed by atoms with Crippen molar-refractivity contribution in [2.75, 3.05) is 38.2 Å². The molecule has 0 saturated carbocycles. The molecule has 7 nitrogen and oxygen atoms in total. The third-order valence-corrected chi connectivity index (χ3v) is 6.10. The highest BCUT2D eigenvalue weighted by Gasteiger charge is 2.23. The van der Waals surface area contributed by atoms with Crippen LogP contribution in [0.5, 0.6) is 11.5 Å². The zero-order chi connectivity index (χ0) is 22.5. The van der Waals surface area contributed by atoms with Gasteiger partial charge in [-0.3, -0.25) is 14.5 Å². The lowest BCUT2D eigenvalue weighted by atomic mass is 10.1.